The molecule has 0 bridgehead atoms. The Balaban J connectivity index is 3.72. The Kier molecular flexibility index (Phi) is 13.9. The average molecular weight is 323 g/mol. The quantitative estimate of drug-likeness (QED) is 0.217. The maximum atomic E-state index is 11.7. The maximum absolute atomic E-state index is 11.7. The zero-order valence-corrected chi connectivity index (χ0v) is 16.1. The van der Waals surface area contributed by atoms with Crippen LogP contribution in [-0.2, 0) is 9.53 Å². The highest BCUT2D eigenvalue weighted by molar-refractivity contribution is 5.69. The van der Waals surface area contributed by atoms with Gasteiger partial charge in [-0.05, 0) is 45.6 Å². The molecule has 0 radical (unpaired) electrons. The van der Waals surface area contributed by atoms with Gasteiger partial charge in [0.05, 0.1) is 0 Å². The van der Waals surface area contributed by atoms with Gasteiger partial charge in [-0.1, -0.05) is 69.6 Å². The monoisotopic (exact) mass is 322 g/mol. The number of carbonyl (C=O) groups excluding carboxylic acids is 1. The van der Waals surface area contributed by atoms with E-state index in [0.29, 0.717) is 18.9 Å². The summed E-state index contributed by atoms with van der Waals surface area (Å²) in [7, 11) is 0. The van der Waals surface area contributed by atoms with E-state index in [1.807, 2.05) is 6.08 Å². The fourth-order valence-corrected chi connectivity index (χ4v) is 2.36. The van der Waals surface area contributed by atoms with E-state index in [1.54, 1.807) is 0 Å². The van der Waals surface area contributed by atoms with Crippen LogP contribution in [0, 0.1) is 5.92 Å². The second kappa shape index (κ2) is 14.5. The Morgan fingerprint density at radius 3 is 2.17 bits per heavy atom. The standard InChI is InChI=1S/C21H38O2/c1-6-7-8-9-10-11-12-13-21(22)23-17-16-20(5)19(4)15-14-18(2)3/h14,16,19H,6-13,15,17H2,1-5H3/b20-16+/t19-/m0/s1. The predicted molar refractivity (Wildman–Crippen MR) is 101 cm³/mol. The van der Waals surface area contributed by atoms with Gasteiger partial charge in [0.2, 0.25) is 0 Å². The molecule has 2 nitrogen and oxygen atoms in total. The molecule has 0 heterocycles. The van der Waals surface area contributed by atoms with Gasteiger partial charge < -0.3 is 4.74 Å². The second-order valence-electron chi connectivity index (χ2n) is 6.92. The molecule has 0 aromatic heterocycles. The third-order valence-corrected chi connectivity index (χ3v) is 4.29. The van der Waals surface area contributed by atoms with Crippen molar-refractivity contribution in [2.24, 2.45) is 5.92 Å². The van der Waals surface area contributed by atoms with Crippen molar-refractivity contribution in [1.29, 1.82) is 0 Å². The number of carbonyl (C=O) groups is 1. The van der Waals surface area contributed by atoms with Crippen LogP contribution in [0.5, 0.6) is 0 Å². The van der Waals surface area contributed by atoms with E-state index in [9.17, 15) is 4.79 Å². The van der Waals surface area contributed by atoms with Crippen LogP contribution in [0.1, 0.15) is 92.4 Å². The van der Waals surface area contributed by atoms with Gasteiger partial charge in [0.15, 0.2) is 0 Å². The van der Waals surface area contributed by atoms with Gasteiger partial charge in [0.25, 0.3) is 0 Å². The number of rotatable bonds is 13. The fourth-order valence-electron chi connectivity index (χ4n) is 2.36. The molecule has 0 aliphatic rings. The second-order valence-corrected chi connectivity index (χ2v) is 6.92. The Labute approximate surface area is 144 Å². The molecule has 0 saturated heterocycles. The third-order valence-electron chi connectivity index (χ3n) is 4.29. The van der Waals surface area contributed by atoms with Crippen molar-refractivity contribution in [1.82, 2.24) is 0 Å². The van der Waals surface area contributed by atoms with Crippen LogP contribution >= 0.6 is 0 Å². The topological polar surface area (TPSA) is 26.3 Å². The molecule has 0 aromatic carbocycles. The van der Waals surface area contributed by atoms with Gasteiger partial charge in [-0.3, -0.25) is 4.79 Å². The van der Waals surface area contributed by atoms with Crippen LogP contribution in [0.15, 0.2) is 23.3 Å². The molecule has 0 rings (SSSR count). The molecule has 0 N–H and O–H groups in total. The zero-order valence-electron chi connectivity index (χ0n) is 16.1. The minimum absolute atomic E-state index is 0.0560. The lowest BCUT2D eigenvalue weighted by Gasteiger charge is -2.10. The number of hydrogen-bond donors (Lipinski definition) is 0. The number of esters is 1. The van der Waals surface area contributed by atoms with Crippen LogP contribution in [0.25, 0.3) is 0 Å². The van der Waals surface area contributed by atoms with Crippen molar-refractivity contribution in [3.63, 3.8) is 0 Å². The number of allylic oxidation sites excluding steroid dienone is 3. The summed E-state index contributed by atoms with van der Waals surface area (Å²) < 4.78 is 5.30. The van der Waals surface area contributed by atoms with E-state index in [4.69, 9.17) is 4.74 Å². The number of unbranched alkanes of at least 4 members (excludes halogenated alkanes) is 6. The molecule has 0 fully saturated rings. The van der Waals surface area contributed by atoms with Gasteiger partial charge in [0, 0.05) is 6.42 Å². The van der Waals surface area contributed by atoms with E-state index < -0.39 is 0 Å². The van der Waals surface area contributed by atoms with Gasteiger partial charge in [-0.2, -0.15) is 0 Å². The van der Waals surface area contributed by atoms with Crippen LogP contribution in [-0.4, -0.2) is 12.6 Å². The zero-order chi connectivity index (χ0) is 17.5. The Morgan fingerprint density at radius 2 is 1.57 bits per heavy atom. The van der Waals surface area contributed by atoms with E-state index in [0.717, 1.165) is 19.3 Å². The van der Waals surface area contributed by atoms with Crippen molar-refractivity contribution in [3.05, 3.63) is 23.3 Å². The molecule has 23 heavy (non-hydrogen) atoms. The third kappa shape index (κ3) is 14.3. The Morgan fingerprint density at radius 1 is 0.957 bits per heavy atom. The summed E-state index contributed by atoms with van der Waals surface area (Å²) in [6.07, 6.45) is 14.5. The number of ether oxygens (including phenoxy) is 1. The van der Waals surface area contributed by atoms with E-state index in [-0.39, 0.29) is 5.97 Å². The molecule has 0 aliphatic carbocycles. The first-order chi connectivity index (χ1) is 11.0. The fraction of sp³-hybridized carbons (Fsp3) is 0.762. The van der Waals surface area contributed by atoms with Crippen LogP contribution in [0.2, 0.25) is 0 Å². The summed E-state index contributed by atoms with van der Waals surface area (Å²) >= 11 is 0. The first-order valence-corrected chi connectivity index (χ1v) is 9.43. The highest BCUT2D eigenvalue weighted by atomic mass is 16.5. The molecule has 0 spiro atoms. The van der Waals surface area contributed by atoms with Gasteiger partial charge in [-0.15, -0.1) is 0 Å². The first-order valence-electron chi connectivity index (χ1n) is 9.43. The summed E-state index contributed by atoms with van der Waals surface area (Å²) in [6.45, 7) is 11.2. The van der Waals surface area contributed by atoms with Crippen LogP contribution < -0.4 is 0 Å². The predicted octanol–water partition coefficient (Wildman–Crippen LogP) is 6.61. The number of hydrogen-bond acceptors (Lipinski definition) is 2. The molecule has 0 unspecified atom stereocenters. The molecule has 0 saturated carbocycles. The van der Waals surface area contributed by atoms with Crippen molar-refractivity contribution in [2.75, 3.05) is 6.61 Å². The Bertz CT molecular complexity index is 362. The molecule has 134 valence electrons. The molecular formula is C21H38O2. The Hall–Kier alpha value is -1.05. The summed E-state index contributed by atoms with van der Waals surface area (Å²) in [4.78, 5) is 11.7. The lowest BCUT2D eigenvalue weighted by Crippen LogP contribution is -2.05. The smallest absolute Gasteiger partial charge is 0.306 e. The average Bonchev–Trinajstić information content (AvgIpc) is 2.51. The summed E-state index contributed by atoms with van der Waals surface area (Å²) in [6, 6.07) is 0. The molecule has 2 heteroatoms. The molecule has 0 aromatic rings. The van der Waals surface area contributed by atoms with Crippen molar-refractivity contribution in [3.8, 4) is 0 Å². The minimum Gasteiger partial charge on any atom is -0.461 e. The lowest BCUT2D eigenvalue weighted by atomic mass is 9.98. The van der Waals surface area contributed by atoms with Crippen LogP contribution in [0.3, 0.4) is 0 Å². The van der Waals surface area contributed by atoms with Crippen LogP contribution in [0.4, 0.5) is 0 Å². The molecular weight excluding hydrogens is 284 g/mol. The summed E-state index contributed by atoms with van der Waals surface area (Å²) in [5.74, 6) is 0.450. The largest absolute Gasteiger partial charge is 0.461 e. The maximum Gasteiger partial charge on any atom is 0.306 e. The summed E-state index contributed by atoms with van der Waals surface area (Å²) in [5, 5.41) is 0. The van der Waals surface area contributed by atoms with E-state index >= 15 is 0 Å². The molecule has 0 amide bonds. The van der Waals surface area contributed by atoms with Crippen molar-refractivity contribution in [2.45, 2.75) is 92.4 Å². The van der Waals surface area contributed by atoms with E-state index in [1.165, 1.54) is 43.3 Å². The van der Waals surface area contributed by atoms with Crippen molar-refractivity contribution >= 4 is 5.97 Å². The van der Waals surface area contributed by atoms with Gasteiger partial charge >= 0.3 is 5.97 Å². The van der Waals surface area contributed by atoms with Crippen molar-refractivity contribution < 1.29 is 9.53 Å². The van der Waals surface area contributed by atoms with Gasteiger partial charge in [-0.25, -0.2) is 0 Å². The summed E-state index contributed by atoms with van der Waals surface area (Å²) in [5.41, 5.74) is 2.65. The van der Waals surface area contributed by atoms with Gasteiger partial charge in [0.1, 0.15) is 6.61 Å². The normalized spacial score (nSPS) is 12.8. The van der Waals surface area contributed by atoms with E-state index in [2.05, 4.69) is 40.7 Å². The molecule has 0 aliphatic heterocycles. The minimum atomic E-state index is -0.0560. The lowest BCUT2D eigenvalue weighted by molar-refractivity contribution is -0.142. The SMILES string of the molecule is CCCCCCCCCC(=O)OC/C=C(\C)[C@@H](C)CC=C(C)C. The first kappa shape index (κ1) is 21.9. The molecule has 1 atom stereocenters. The highest BCUT2D eigenvalue weighted by Gasteiger charge is 2.04. The highest BCUT2D eigenvalue weighted by Crippen LogP contribution is 2.15.